The smallest absolute Gasteiger partial charge is 0.372 e. The summed E-state index contributed by atoms with van der Waals surface area (Å²) in [6.45, 7) is 5.83. The minimum absolute atomic E-state index is 0.0798. The standard InChI is InChI=1S/C30H26F13N5S/c1-3-48(4-2)23-13-9-21(10-14-23)46-44-19-5-7-20(8-6-19)45-47-22-11-15-24(16-12-22)49-18-17-25(31,32)26(33,34)27(35,36)28(37,38)29(39,40)30(41,42)43/h5-16H,3-4,17-18H2,1-2H3. The number of thioether (sulfide) groups is 1. The van der Waals surface area contributed by atoms with Crippen molar-refractivity contribution in [3.63, 3.8) is 0 Å². The van der Waals surface area contributed by atoms with Crippen LogP contribution in [0.2, 0.25) is 0 Å². The largest absolute Gasteiger partial charge is 0.460 e. The van der Waals surface area contributed by atoms with Gasteiger partial charge in [0.05, 0.1) is 22.7 Å². The highest BCUT2D eigenvalue weighted by Gasteiger charge is 2.90. The monoisotopic (exact) mass is 735 g/mol. The van der Waals surface area contributed by atoms with Crippen LogP contribution in [0.25, 0.3) is 0 Å². The molecule has 0 unspecified atom stereocenters. The molecule has 3 aromatic carbocycles. The molecule has 0 heterocycles. The minimum Gasteiger partial charge on any atom is -0.372 e. The van der Waals surface area contributed by atoms with E-state index < -0.39 is 48.0 Å². The van der Waals surface area contributed by atoms with Crippen molar-refractivity contribution in [2.45, 2.75) is 61.0 Å². The fourth-order valence-corrected chi connectivity index (χ4v) is 4.92. The molecule has 0 aliphatic rings. The fraction of sp³-hybridized carbons (Fsp3) is 0.400. The Bertz CT molecular complexity index is 1570. The van der Waals surface area contributed by atoms with Gasteiger partial charge in [-0.15, -0.1) is 11.8 Å². The van der Waals surface area contributed by atoms with Crippen LogP contribution in [0.3, 0.4) is 0 Å². The summed E-state index contributed by atoms with van der Waals surface area (Å²) in [6, 6.07) is 19.1. The highest BCUT2D eigenvalue weighted by molar-refractivity contribution is 7.99. The maximum Gasteiger partial charge on any atom is 0.460 e. The van der Waals surface area contributed by atoms with Crippen LogP contribution in [0.15, 0.2) is 98.1 Å². The van der Waals surface area contributed by atoms with Crippen LogP contribution in [0.5, 0.6) is 0 Å². The summed E-state index contributed by atoms with van der Waals surface area (Å²) >= 11 is 0.355. The molecule has 0 aromatic heterocycles. The van der Waals surface area contributed by atoms with Crippen molar-refractivity contribution in [3.05, 3.63) is 72.8 Å². The van der Waals surface area contributed by atoms with Crippen LogP contribution in [0.4, 0.5) is 85.5 Å². The number of anilines is 1. The average Bonchev–Trinajstić information content (AvgIpc) is 3.04. The lowest BCUT2D eigenvalue weighted by Crippen LogP contribution is -2.70. The second-order valence-electron chi connectivity index (χ2n) is 10.2. The first-order valence-corrected chi connectivity index (χ1v) is 15.1. The van der Waals surface area contributed by atoms with Gasteiger partial charge in [0.2, 0.25) is 0 Å². The summed E-state index contributed by atoms with van der Waals surface area (Å²) in [7, 11) is 0. The van der Waals surface area contributed by atoms with Gasteiger partial charge in [-0.2, -0.15) is 77.5 Å². The molecular formula is C30H26F13N5S. The third kappa shape index (κ3) is 8.46. The van der Waals surface area contributed by atoms with E-state index in [1.54, 1.807) is 24.3 Å². The van der Waals surface area contributed by atoms with Gasteiger partial charge in [-0.05, 0) is 86.6 Å². The molecule has 0 amide bonds. The molecule has 49 heavy (non-hydrogen) atoms. The lowest BCUT2D eigenvalue weighted by atomic mass is 9.93. The van der Waals surface area contributed by atoms with Crippen LogP contribution >= 0.6 is 11.8 Å². The predicted octanol–water partition coefficient (Wildman–Crippen LogP) is 12.6. The molecule has 19 heteroatoms. The maximum absolute atomic E-state index is 14.0. The Morgan fingerprint density at radius 3 is 1.20 bits per heavy atom. The molecule has 0 N–H and O–H groups in total. The molecule has 0 atom stereocenters. The van der Waals surface area contributed by atoms with E-state index in [-0.39, 0.29) is 10.6 Å². The number of hydrogen-bond donors (Lipinski definition) is 0. The summed E-state index contributed by atoms with van der Waals surface area (Å²) in [5.41, 5.74) is 2.85. The van der Waals surface area contributed by atoms with Gasteiger partial charge in [-0.25, -0.2) is 0 Å². The number of alkyl halides is 13. The first-order chi connectivity index (χ1) is 22.6. The number of nitrogens with zero attached hydrogens (tertiary/aromatic N) is 5. The molecule has 268 valence electrons. The number of hydrogen-bond acceptors (Lipinski definition) is 6. The van der Waals surface area contributed by atoms with E-state index in [4.69, 9.17) is 0 Å². The minimum atomic E-state index is -7.91. The van der Waals surface area contributed by atoms with Crippen LogP contribution < -0.4 is 4.90 Å². The fourth-order valence-electron chi connectivity index (χ4n) is 4.00. The van der Waals surface area contributed by atoms with Crippen LogP contribution in [0.1, 0.15) is 20.3 Å². The van der Waals surface area contributed by atoms with Crippen molar-refractivity contribution in [2.24, 2.45) is 20.5 Å². The van der Waals surface area contributed by atoms with E-state index in [0.29, 0.717) is 28.8 Å². The molecule has 0 aliphatic carbocycles. The van der Waals surface area contributed by atoms with Gasteiger partial charge in [-0.1, -0.05) is 0 Å². The van der Waals surface area contributed by atoms with Crippen LogP contribution in [-0.2, 0) is 0 Å². The third-order valence-electron chi connectivity index (χ3n) is 6.91. The van der Waals surface area contributed by atoms with E-state index in [2.05, 4.69) is 39.2 Å². The molecule has 3 aromatic rings. The Morgan fingerprint density at radius 1 is 0.490 bits per heavy atom. The first kappa shape index (κ1) is 39.5. The Morgan fingerprint density at radius 2 is 0.837 bits per heavy atom. The zero-order chi connectivity index (χ0) is 36.9. The van der Waals surface area contributed by atoms with Crippen molar-refractivity contribution in [1.82, 2.24) is 0 Å². The van der Waals surface area contributed by atoms with E-state index in [1.165, 1.54) is 24.3 Å². The zero-order valence-electron chi connectivity index (χ0n) is 25.3. The molecule has 5 nitrogen and oxygen atoms in total. The van der Waals surface area contributed by atoms with E-state index in [0.717, 1.165) is 18.8 Å². The number of halogens is 13. The second-order valence-corrected chi connectivity index (χ2v) is 11.4. The van der Waals surface area contributed by atoms with E-state index in [9.17, 15) is 57.1 Å². The second kappa shape index (κ2) is 14.9. The van der Waals surface area contributed by atoms with E-state index in [1.807, 2.05) is 24.3 Å². The Labute approximate surface area is 275 Å². The predicted molar refractivity (Wildman–Crippen MR) is 157 cm³/mol. The molecule has 0 bridgehead atoms. The lowest BCUT2D eigenvalue weighted by molar-refractivity contribution is -0.439. The van der Waals surface area contributed by atoms with Crippen molar-refractivity contribution in [1.29, 1.82) is 0 Å². The Balaban J connectivity index is 1.57. The zero-order valence-corrected chi connectivity index (χ0v) is 26.1. The summed E-state index contributed by atoms with van der Waals surface area (Å²) in [5.74, 6) is -38.0. The van der Waals surface area contributed by atoms with Crippen molar-refractivity contribution in [2.75, 3.05) is 23.7 Å². The molecule has 0 spiro atoms. The SMILES string of the molecule is CCN(CC)c1ccc(N=Nc2ccc(N=Nc3ccc(SCCC(F)(F)C(F)(F)C(F)(F)C(F)(F)C(F)(F)C(F)(F)F)cc3)cc2)cc1. The highest BCUT2D eigenvalue weighted by atomic mass is 32.2. The molecule has 0 saturated carbocycles. The highest BCUT2D eigenvalue weighted by Crippen LogP contribution is 2.60. The quantitative estimate of drug-likeness (QED) is 0.0886. The molecule has 0 radical (unpaired) electrons. The molecule has 0 aliphatic heterocycles. The van der Waals surface area contributed by atoms with Crippen molar-refractivity contribution in [3.8, 4) is 0 Å². The van der Waals surface area contributed by atoms with E-state index >= 15 is 0 Å². The molecule has 0 saturated heterocycles. The maximum atomic E-state index is 14.0. The number of benzene rings is 3. The molecule has 0 fully saturated rings. The van der Waals surface area contributed by atoms with Crippen LogP contribution in [0, 0.1) is 0 Å². The number of rotatable bonds is 15. The van der Waals surface area contributed by atoms with Crippen molar-refractivity contribution >= 4 is 40.2 Å². The van der Waals surface area contributed by atoms with Gasteiger partial charge < -0.3 is 4.90 Å². The van der Waals surface area contributed by atoms with Crippen molar-refractivity contribution < 1.29 is 57.1 Å². The average molecular weight is 736 g/mol. The molecular weight excluding hydrogens is 709 g/mol. The van der Waals surface area contributed by atoms with Gasteiger partial charge in [0.15, 0.2) is 0 Å². The normalized spacial score (nSPS) is 13.9. The first-order valence-electron chi connectivity index (χ1n) is 14.1. The summed E-state index contributed by atoms with van der Waals surface area (Å²) in [4.78, 5) is 2.26. The third-order valence-corrected chi connectivity index (χ3v) is 7.92. The number of azo groups is 2. The van der Waals surface area contributed by atoms with Gasteiger partial charge >= 0.3 is 35.8 Å². The van der Waals surface area contributed by atoms with Crippen LogP contribution in [-0.4, -0.2) is 54.6 Å². The lowest BCUT2D eigenvalue weighted by Gasteiger charge is -2.39. The topological polar surface area (TPSA) is 52.7 Å². The summed E-state index contributed by atoms with van der Waals surface area (Å²) < 4.78 is 172. The Hall–Kier alpha value is -3.90. The summed E-state index contributed by atoms with van der Waals surface area (Å²) in [6.07, 6.45) is -9.72. The summed E-state index contributed by atoms with van der Waals surface area (Å²) in [5, 5.41) is 16.3. The van der Waals surface area contributed by atoms with Gasteiger partial charge in [0.25, 0.3) is 0 Å². The van der Waals surface area contributed by atoms with Gasteiger partial charge in [-0.3, -0.25) is 0 Å². The van der Waals surface area contributed by atoms with Gasteiger partial charge in [0.1, 0.15) is 0 Å². The Kier molecular flexibility index (Phi) is 12.0. The van der Waals surface area contributed by atoms with Gasteiger partial charge in [0, 0.05) is 35.8 Å². The molecule has 3 rings (SSSR count).